The lowest BCUT2D eigenvalue weighted by molar-refractivity contribution is -0.129. The number of fused-ring (bicyclic) bond motifs is 1. The zero-order valence-electron chi connectivity index (χ0n) is 19.4. The monoisotopic (exact) mass is 467 g/mol. The molecule has 5 rings (SSSR count). The lowest BCUT2D eigenvalue weighted by Gasteiger charge is -2.35. The van der Waals surface area contributed by atoms with Gasteiger partial charge in [-0.1, -0.05) is 30.3 Å². The summed E-state index contributed by atoms with van der Waals surface area (Å²) in [6.45, 7) is 4.59. The number of carbonyl (C=O) groups is 2. The lowest BCUT2D eigenvalue weighted by atomic mass is 10.0. The van der Waals surface area contributed by atoms with Gasteiger partial charge in [-0.3, -0.25) is 9.59 Å². The zero-order chi connectivity index (χ0) is 24.4. The van der Waals surface area contributed by atoms with E-state index in [1.54, 1.807) is 43.3 Å². The summed E-state index contributed by atoms with van der Waals surface area (Å²) in [7, 11) is 0. The first-order chi connectivity index (χ1) is 17.0. The number of carbonyl (C=O) groups excluding carboxylic acids is 2. The average molecular weight is 468 g/mol. The molecular formula is C28H25N3O4. The van der Waals surface area contributed by atoms with E-state index in [2.05, 4.69) is 10.2 Å². The van der Waals surface area contributed by atoms with E-state index in [4.69, 9.17) is 4.42 Å². The molecule has 1 aliphatic heterocycles. The van der Waals surface area contributed by atoms with Gasteiger partial charge >= 0.3 is 5.63 Å². The molecule has 0 bridgehead atoms. The molecule has 1 aromatic heterocycles. The fourth-order valence-corrected chi connectivity index (χ4v) is 4.30. The summed E-state index contributed by atoms with van der Waals surface area (Å²) in [6.07, 6.45) is 0. The minimum atomic E-state index is -0.413. The normalized spacial score (nSPS) is 13.6. The Morgan fingerprint density at radius 3 is 2.23 bits per heavy atom. The molecular weight excluding hydrogens is 442 g/mol. The minimum absolute atomic E-state index is 0.108. The zero-order valence-corrected chi connectivity index (χ0v) is 19.4. The molecule has 4 aromatic rings. The van der Waals surface area contributed by atoms with Crippen molar-refractivity contribution in [1.29, 1.82) is 0 Å². The summed E-state index contributed by atoms with van der Waals surface area (Å²) >= 11 is 0. The Hall–Kier alpha value is -4.39. The van der Waals surface area contributed by atoms with E-state index in [0.717, 1.165) is 24.2 Å². The van der Waals surface area contributed by atoms with E-state index >= 15 is 0 Å². The molecule has 1 saturated heterocycles. The number of nitrogens with one attached hydrogen (secondary N) is 1. The molecule has 0 spiro atoms. The molecule has 2 heterocycles. The lowest BCUT2D eigenvalue weighted by Crippen LogP contribution is -2.48. The molecule has 0 unspecified atom stereocenters. The highest BCUT2D eigenvalue weighted by atomic mass is 16.4. The van der Waals surface area contributed by atoms with E-state index < -0.39 is 5.63 Å². The van der Waals surface area contributed by atoms with Crippen LogP contribution in [0, 0.1) is 0 Å². The summed E-state index contributed by atoms with van der Waals surface area (Å²) < 4.78 is 5.42. The first kappa shape index (κ1) is 22.4. The number of para-hydroxylation sites is 1. The van der Waals surface area contributed by atoms with Gasteiger partial charge < -0.3 is 19.5 Å². The predicted octanol–water partition coefficient (Wildman–Crippen LogP) is 4.38. The quantitative estimate of drug-likeness (QED) is 0.451. The van der Waals surface area contributed by atoms with Crippen LogP contribution in [-0.4, -0.2) is 42.9 Å². The van der Waals surface area contributed by atoms with Crippen molar-refractivity contribution in [3.63, 3.8) is 0 Å². The minimum Gasteiger partial charge on any atom is -0.422 e. The Bertz CT molecular complexity index is 1430. The number of amides is 2. The number of hydrogen-bond acceptors (Lipinski definition) is 5. The second kappa shape index (κ2) is 9.46. The van der Waals surface area contributed by atoms with Gasteiger partial charge in [-0.15, -0.1) is 0 Å². The van der Waals surface area contributed by atoms with Crippen molar-refractivity contribution < 1.29 is 14.0 Å². The van der Waals surface area contributed by atoms with Crippen LogP contribution in [-0.2, 0) is 4.79 Å². The molecule has 0 atom stereocenters. The van der Waals surface area contributed by atoms with Gasteiger partial charge in [0, 0.05) is 55.4 Å². The van der Waals surface area contributed by atoms with Gasteiger partial charge in [-0.2, -0.15) is 0 Å². The van der Waals surface area contributed by atoms with E-state index in [1.807, 2.05) is 47.4 Å². The fourth-order valence-electron chi connectivity index (χ4n) is 4.30. The van der Waals surface area contributed by atoms with Crippen LogP contribution in [0.5, 0.6) is 0 Å². The summed E-state index contributed by atoms with van der Waals surface area (Å²) in [5.41, 5.74) is 3.52. The third-order valence-electron chi connectivity index (χ3n) is 6.31. The van der Waals surface area contributed by atoms with Crippen molar-refractivity contribution in [3.8, 4) is 11.1 Å². The van der Waals surface area contributed by atoms with Crippen molar-refractivity contribution in [3.05, 3.63) is 94.8 Å². The summed E-state index contributed by atoms with van der Waals surface area (Å²) in [4.78, 5) is 40.8. The SMILES string of the molecule is CC(=O)N1CCN(c2ccc(NC(=O)c3ccc(-c4cc5ccccc5oc4=O)cc3)cc2)CC1. The molecule has 1 aliphatic rings. The van der Waals surface area contributed by atoms with E-state index in [-0.39, 0.29) is 11.8 Å². The topological polar surface area (TPSA) is 82.9 Å². The van der Waals surface area contributed by atoms with Gasteiger partial charge in [-0.25, -0.2) is 4.79 Å². The highest BCUT2D eigenvalue weighted by Gasteiger charge is 2.19. The second-order valence-corrected chi connectivity index (χ2v) is 8.56. The van der Waals surface area contributed by atoms with Crippen molar-refractivity contribution in [2.24, 2.45) is 0 Å². The summed E-state index contributed by atoms with van der Waals surface area (Å²) in [5.74, 6) is -0.124. The number of piperazine rings is 1. The van der Waals surface area contributed by atoms with Crippen LogP contribution in [0.25, 0.3) is 22.1 Å². The Balaban J connectivity index is 1.25. The number of hydrogen-bond donors (Lipinski definition) is 1. The van der Waals surface area contributed by atoms with E-state index in [0.29, 0.717) is 41.1 Å². The molecule has 0 saturated carbocycles. The highest BCUT2D eigenvalue weighted by Crippen LogP contribution is 2.23. The average Bonchev–Trinajstić information content (AvgIpc) is 2.89. The summed E-state index contributed by atoms with van der Waals surface area (Å²) in [6, 6.07) is 23.8. The van der Waals surface area contributed by atoms with Crippen LogP contribution in [0.1, 0.15) is 17.3 Å². The number of benzene rings is 3. The summed E-state index contributed by atoms with van der Waals surface area (Å²) in [5, 5.41) is 3.76. The third-order valence-corrected chi connectivity index (χ3v) is 6.31. The second-order valence-electron chi connectivity index (χ2n) is 8.56. The maximum Gasteiger partial charge on any atom is 0.344 e. The van der Waals surface area contributed by atoms with Gasteiger partial charge in [0.1, 0.15) is 5.58 Å². The number of nitrogens with zero attached hydrogens (tertiary/aromatic N) is 2. The van der Waals surface area contributed by atoms with Gasteiger partial charge in [0.15, 0.2) is 0 Å². The van der Waals surface area contributed by atoms with Crippen LogP contribution >= 0.6 is 0 Å². The maximum atomic E-state index is 12.8. The first-order valence-electron chi connectivity index (χ1n) is 11.5. The molecule has 7 nitrogen and oxygen atoms in total. The Morgan fingerprint density at radius 2 is 1.54 bits per heavy atom. The van der Waals surface area contributed by atoms with Gasteiger partial charge in [0.25, 0.3) is 5.91 Å². The van der Waals surface area contributed by atoms with Crippen LogP contribution in [0.3, 0.4) is 0 Å². The molecule has 0 aliphatic carbocycles. The van der Waals surface area contributed by atoms with Crippen LogP contribution < -0.4 is 15.8 Å². The van der Waals surface area contributed by atoms with Crippen LogP contribution in [0.2, 0.25) is 0 Å². The van der Waals surface area contributed by atoms with E-state index in [1.165, 1.54) is 0 Å². The van der Waals surface area contributed by atoms with Crippen molar-refractivity contribution >= 4 is 34.2 Å². The van der Waals surface area contributed by atoms with Crippen molar-refractivity contribution in [2.45, 2.75) is 6.92 Å². The van der Waals surface area contributed by atoms with Gasteiger partial charge in [0.2, 0.25) is 5.91 Å². The molecule has 1 N–H and O–H groups in total. The number of rotatable bonds is 4. The molecule has 35 heavy (non-hydrogen) atoms. The van der Waals surface area contributed by atoms with Gasteiger partial charge in [-0.05, 0) is 54.1 Å². The molecule has 0 radical (unpaired) electrons. The Labute approximate surface area is 202 Å². The molecule has 7 heteroatoms. The standard InChI is InChI=1S/C28H25N3O4/c1-19(32)30-14-16-31(17-15-30)24-12-10-23(11-13-24)29-27(33)21-8-6-20(7-9-21)25-18-22-4-2-3-5-26(22)35-28(25)34/h2-13,18H,14-17H2,1H3,(H,29,33). The molecule has 176 valence electrons. The van der Waals surface area contributed by atoms with Gasteiger partial charge in [0.05, 0.1) is 5.56 Å². The van der Waals surface area contributed by atoms with Crippen LogP contribution in [0.4, 0.5) is 11.4 Å². The largest absolute Gasteiger partial charge is 0.422 e. The van der Waals surface area contributed by atoms with E-state index in [9.17, 15) is 14.4 Å². The molecule has 3 aromatic carbocycles. The fraction of sp³-hybridized carbons (Fsp3) is 0.179. The van der Waals surface area contributed by atoms with Crippen molar-refractivity contribution in [2.75, 3.05) is 36.4 Å². The van der Waals surface area contributed by atoms with Crippen LogP contribution in [0.15, 0.2) is 88.1 Å². The Morgan fingerprint density at radius 1 is 0.857 bits per heavy atom. The molecule has 2 amide bonds. The maximum absolute atomic E-state index is 12.8. The third kappa shape index (κ3) is 4.80. The number of anilines is 2. The highest BCUT2D eigenvalue weighted by molar-refractivity contribution is 6.04. The molecule has 1 fully saturated rings. The van der Waals surface area contributed by atoms with Crippen molar-refractivity contribution in [1.82, 2.24) is 4.90 Å². The predicted molar refractivity (Wildman–Crippen MR) is 137 cm³/mol. The first-order valence-corrected chi connectivity index (χ1v) is 11.5. The smallest absolute Gasteiger partial charge is 0.344 e. The Kier molecular flexibility index (Phi) is 6.06.